The lowest BCUT2D eigenvalue weighted by atomic mass is 10.0. The van der Waals surface area contributed by atoms with Gasteiger partial charge in [0.2, 0.25) is 0 Å². The Labute approximate surface area is 122 Å². The third-order valence-electron chi connectivity index (χ3n) is 2.87. The summed E-state index contributed by atoms with van der Waals surface area (Å²) in [5.74, 6) is -0.220. The molecule has 0 saturated carbocycles. The zero-order valence-corrected chi connectivity index (χ0v) is 12.0. The number of benzene rings is 2. The van der Waals surface area contributed by atoms with Crippen molar-refractivity contribution in [1.82, 2.24) is 5.32 Å². The van der Waals surface area contributed by atoms with Gasteiger partial charge in [-0.15, -0.1) is 0 Å². The monoisotopic (exact) mass is 297 g/mol. The molecule has 0 bridgehead atoms. The first-order valence-corrected chi connectivity index (χ1v) is 6.82. The van der Waals surface area contributed by atoms with E-state index in [1.807, 2.05) is 19.1 Å². The van der Waals surface area contributed by atoms with Gasteiger partial charge >= 0.3 is 0 Å². The Kier molecular flexibility index (Phi) is 4.81. The molecule has 1 nitrogen and oxygen atoms in total. The molecule has 0 aromatic heterocycles. The SMILES string of the molecule is CCNCc1cc(-c2cccc(Cl)c2Cl)ccc1F. The minimum atomic E-state index is -0.220. The number of nitrogens with one attached hydrogen (secondary N) is 1. The average Bonchev–Trinajstić information content (AvgIpc) is 2.41. The van der Waals surface area contributed by atoms with Crippen LogP contribution in [-0.2, 0) is 6.54 Å². The van der Waals surface area contributed by atoms with E-state index in [2.05, 4.69) is 5.32 Å². The summed E-state index contributed by atoms with van der Waals surface area (Å²) in [5, 5.41) is 4.10. The van der Waals surface area contributed by atoms with Crippen molar-refractivity contribution in [2.75, 3.05) is 6.54 Å². The Morgan fingerprint density at radius 3 is 2.68 bits per heavy atom. The molecule has 0 unspecified atom stereocenters. The summed E-state index contributed by atoms with van der Waals surface area (Å²) < 4.78 is 13.7. The van der Waals surface area contributed by atoms with Crippen LogP contribution < -0.4 is 5.32 Å². The number of rotatable bonds is 4. The van der Waals surface area contributed by atoms with Crippen LogP contribution in [0.5, 0.6) is 0 Å². The van der Waals surface area contributed by atoms with Crippen LogP contribution in [-0.4, -0.2) is 6.54 Å². The molecular weight excluding hydrogens is 284 g/mol. The summed E-state index contributed by atoms with van der Waals surface area (Å²) in [7, 11) is 0. The standard InChI is InChI=1S/C15H14Cl2FN/c1-2-19-9-11-8-10(6-7-14(11)18)12-4-3-5-13(16)15(12)17/h3-8,19H,2,9H2,1H3. The lowest BCUT2D eigenvalue weighted by Gasteiger charge is -2.09. The highest BCUT2D eigenvalue weighted by atomic mass is 35.5. The van der Waals surface area contributed by atoms with Gasteiger partial charge in [-0.3, -0.25) is 0 Å². The summed E-state index contributed by atoms with van der Waals surface area (Å²) in [6.07, 6.45) is 0. The van der Waals surface area contributed by atoms with E-state index in [1.54, 1.807) is 18.2 Å². The Morgan fingerprint density at radius 1 is 1.16 bits per heavy atom. The van der Waals surface area contributed by atoms with Gasteiger partial charge in [-0.05, 0) is 30.3 Å². The molecule has 4 heteroatoms. The Balaban J connectivity index is 2.42. The normalized spacial score (nSPS) is 10.7. The number of hydrogen-bond acceptors (Lipinski definition) is 1. The summed E-state index contributed by atoms with van der Waals surface area (Å²) in [6.45, 7) is 3.27. The second-order valence-corrected chi connectivity index (χ2v) is 4.97. The molecule has 100 valence electrons. The van der Waals surface area contributed by atoms with Gasteiger partial charge in [0.25, 0.3) is 0 Å². The molecule has 0 aliphatic heterocycles. The third-order valence-corrected chi connectivity index (χ3v) is 3.69. The van der Waals surface area contributed by atoms with E-state index >= 15 is 0 Å². The summed E-state index contributed by atoms with van der Waals surface area (Å²) >= 11 is 12.2. The molecule has 0 atom stereocenters. The maximum atomic E-state index is 13.7. The Bertz CT molecular complexity index is 584. The van der Waals surface area contributed by atoms with Crippen molar-refractivity contribution in [3.8, 4) is 11.1 Å². The van der Waals surface area contributed by atoms with Crippen LogP contribution in [0.15, 0.2) is 36.4 Å². The van der Waals surface area contributed by atoms with Crippen LogP contribution >= 0.6 is 23.2 Å². The minimum Gasteiger partial charge on any atom is -0.313 e. The van der Waals surface area contributed by atoms with Gasteiger partial charge in [0.1, 0.15) is 5.82 Å². The molecule has 0 aliphatic rings. The second-order valence-electron chi connectivity index (χ2n) is 4.19. The van der Waals surface area contributed by atoms with Gasteiger partial charge < -0.3 is 5.32 Å². The first kappa shape index (κ1) is 14.3. The molecular formula is C15H14Cl2FN. The molecule has 0 amide bonds. The third kappa shape index (κ3) is 3.27. The lowest BCUT2D eigenvalue weighted by molar-refractivity contribution is 0.593. The maximum absolute atomic E-state index is 13.7. The molecule has 1 N–H and O–H groups in total. The maximum Gasteiger partial charge on any atom is 0.127 e. The summed E-state index contributed by atoms with van der Waals surface area (Å²) in [4.78, 5) is 0. The van der Waals surface area contributed by atoms with Crippen molar-refractivity contribution in [2.24, 2.45) is 0 Å². The van der Waals surface area contributed by atoms with Gasteiger partial charge in [0.05, 0.1) is 10.0 Å². The van der Waals surface area contributed by atoms with E-state index in [0.29, 0.717) is 22.2 Å². The van der Waals surface area contributed by atoms with E-state index in [9.17, 15) is 4.39 Å². The topological polar surface area (TPSA) is 12.0 Å². The van der Waals surface area contributed by atoms with E-state index in [-0.39, 0.29) is 5.82 Å². The molecule has 2 rings (SSSR count). The molecule has 0 saturated heterocycles. The fourth-order valence-electron chi connectivity index (χ4n) is 1.86. The van der Waals surface area contributed by atoms with Crippen molar-refractivity contribution in [1.29, 1.82) is 0 Å². The van der Waals surface area contributed by atoms with Crippen molar-refractivity contribution in [2.45, 2.75) is 13.5 Å². The van der Waals surface area contributed by atoms with Gasteiger partial charge in [-0.1, -0.05) is 48.3 Å². The second kappa shape index (κ2) is 6.38. The first-order valence-electron chi connectivity index (χ1n) is 6.07. The molecule has 0 aliphatic carbocycles. The largest absolute Gasteiger partial charge is 0.313 e. The summed E-state index contributed by atoms with van der Waals surface area (Å²) in [6, 6.07) is 10.4. The Hall–Kier alpha value is -1.09. The quantitative estimate of drug-likeness (QED) is 0.845. The van der Waals surface area contributed by atoms with Crippen molar-refractivity contribution < 1.29 is 4.39 Å². The molecule has 19 heavy (non-hydrogen) atoms. The summed E-state index contributed by atoms with van der Waals surface area (Å²) in [5.41, 5.74) is 2.30. The average molecular weight is 298 g/mol. The van der Waals surface area contributed by atoms with Crippen LogP contribution in [0.3, 0.4) is 0 Å². The highest BCUT2D eigenvalue weighted by Crippen LogP contribution is 2.34. The highest BCUT2D eigenvalue weighted by molar-refractivity contribution is 6.43. The van der Waals surface area contributed by atoms with Crippen LogP contribution in [0.2, 0.25) is 10.0 Å². The predicted octanol–water partition coefficient (Wildman–Crippen LogP) is 4.91. The Morgan fingerprint density at radius 2 is 1.95 bits per heavy atom. The number of halogens is 3. The smallest absolute Gasteiger partial charge is 0.127 e. The molecule has 2 aromatic rings. The van der Waals surface area contributed by atoms with Crippen LogP contribution in [0.25, 0.3) is 11.1 Å². The highest BCUT2D eigenvalue weighted by Gasteiger charge is 2.09. The van der Waals surface area contributed by atoms with E-state index < -0.39 is 0 Å². The fraction of sp³-hybridized carbons (Fsp3) is 0.200. The van der Waals surface area contributed by atoms with Gasteiger partial charge in [-0.2, -0.15) is 0 Å². The van der Waals surface area contributed by atoms with Crippen LogP contribution in [0.1, 0.15) is 12.5 Å². The van der Waals surface area contributed by atoms with E-state index in [0.717, 1.165) is 17.7 Å². The molecule has 0 spiro atoms. The van der Waals surface area contributed by atoms with Gasteiger partial charge in [0.15, 0.2) is 0 Å². The fourth-order valence-corrected chi connectivity index (χ4v) is 2.27. The van der Waals surface area contributed by atoms with Crippen LogP contribution in [0, 0.1) is 5.82 Å². The minimum absolute atomic E-state index is 0.220. The zero-order valence-electron chi connectivity index (χ0n) is 10.5. The molecule has 2 aromatic carbocycles. The predicted molar refractivity (Wildman–Crippen MR) is 79.2 cm³/mol. The lowest BCUT2D eigenvalue weighted by Crippen LogP contribution is -2.12. The molecule has 0 heterocycles. The van der Waals surface area contributed by atoms with Crippen molar-refractivity contribution >= 4 is 23.2 Å². The van der Waals surface area contributed by atoms with Crippen LogP contribution in [0.4, 0.5) is 4.39 Å². The van der Waals surface area contributed by atoms with Crippen molar-refractivity contribution in [3.05, 3.63) is 57.8 Å². The number of hydrogen-bond donors (Lipinski definition) is 1. The molecule has 0 fully saturated rings. The zero-order chi connectivity index (χ0) is 13.8. The van der Waals surface area contributed by atoms with Crippen molar-refractivity contribution in [3.63, 3.8) is 0 Å². The van der Waals surface area contributed by atoms with E-state index in [1.165, 1.54) is 6.07 Å². The molecule has 0 radical (unpaired) electrons. The van der Waals surface area contributed by atoms with E-state index in [4.69, 9.17) is 23.2 Å². The van der Waals surface area contributed by atoms with Gasteiger partial charge in [-0.25, -0.2) is 4.39 Å². The first-order chi connectivity index (χ1) is 9.13. The van der Waals surface area contributed by atoms with Gasteiger partial charge in [0, 0.05) is 17.7 Å².